The van der Waals surface area contributed by atoms with Crippen molar-refractivity contribution in [2.45, 2.75) is 20.3 Å². The van der Waals surface area contributed by atoms with Gasteiger partial charge < -0.3 is 24.8 Å². The zero-order valence-corrected chi connectivity index (χ0v) is 20.2. The first kappa shape index (κ1) is 24.8. The van der Waals surface area contributed by atoms with Gasteiger partial charge in [0.15, 0.2) is 0 Å². The lowest BCUT2D eigenvalue weighted by Gasteiger charge is -2.07. The van der Waals surface area contributed by atoms with Gasteiger partial charge in [0.2, 0.25) is 5.91 Å². The number of nitrogens with one attached hydrogen (secondary N) is 2. The molecule has 3 rings (SSSR count). The van der Waals surface area contributed by atoms with E-state index in [2.05, 4.69) is 10.6 Å². The van der Waals surface area contributed by atoms with Crippen LogP contribution in [-0.2, 0) is 16.0 Å². The summed E-state index contributed by atoms with van der Waals surface area (Å²) in [5.74, 6) is 0.0352. The van der Waals surface area contributed by atoms with Crippen LogP contribution in [0.15, 0.2) is 48.5 Å². The highest BCUT2D eigenvalue weighted by Gasteiger charge is 2.26. The predicted octanol–water partition coefficient (Wildman–Crippen LogP) is 4.68. The van der Waals surface area contributed by atoms with E-state index in [1.807, 2.05) is 6.92 Å². The molecule has 8 nitrogen and oxygen atoms in total. The summed E-state index contributed by atoms with van der Waals surface area (Å²) in [7, 11) is 2.82. The number of hydrogen-bond acceptors (Lipinski definition) is 7. The average molecular weight is 483 g/mol. The second-order valence-electron chi connectivity index (χ2n) is 7.24. The van der Waals surface area contributed by atoms with Gasteiger partial charge in [0.25, 0.3) is 5.91 Å². The summed E-state index contributed by atoms with van der Waals surface area (Å²) in [4.78, 5) is 38.3. The lowest BCUT2D eigenvalue weighted by atomic mass is 10.1. The molecule has 178 valence electrons. The van der Waals surface area contributed by atoms with Crippen LogP contribution in [0.3, 0.4) is 0 Å². The fraction of sp³-hybridized carbons (Fsp3) is 0.240. The molecule has 0 aliphatic carbocycles. The van der Waals surface area contributed by atoms with Crippen molar-refractivity contribution >= 4 is 39.8 Å². The first-order chi connectivity index (χ1) is 16.4. The summed E-state index contributed by atoms with van der Waals surface area (Å²) in [6.07, 6.45) is 0.0925. The van der Waals surface area contributed by atoms with Crippen LogP contribution >= 0.6 is 11.3 Å². The molecule has 0 saturated heterocycles. The molecule has 0 aliphatic rings. The van der Waals surface area contributed by atoms with Crippen LogP contribution in [0.25, 0.3) is 0 Å². The Hall–Kier alpha value is -3.85. The zero-order valence-electron chi connectivity index (χ0n) is 19.4. The number of thiophene rings is 1. The van der Waals surface area contributed by atoms with Crippen LogP contribution in [0.4, 0.5) is 10.7 Å². The molecule has 1 aromatic heterocycles. The topological polar surface area (TPSA) is 103 Å². The number of rotatable bonds is 9. The number of anilines is 2. The second-order valence-corrected chi connectivity index (χ2v) is 8.26. The third kappa shape index (κ3) is 5.93. The molecule has 0 saturated carbocycles. The van der Waals surface area contributed by atoms with E-state index < -0.39 is 11.9 Å². The Kier molecular flexibility index (Phi) is 8.26. The highest BCUT2D eigenvalue weighted by atomic mass is 32.1. The lowest BCUT2D eigenvalue weighted by Crippen LogP contribution is -2.16. The van der Waals surface area contributed by atoms with E-state index in [9.17, 15) is 14.4 Å². The Morgan fingerprint density at radius 1 is 0.912 bits per heavy atom. The van der Waals surface area contributed by atoms with E-state index >= 15 is 0 Å². The van der Waals surface area contributed by atoms with Gasteiger partial charge in [-0.05, 0) is 61.4 Å². The largest absolute Gasteiger partial charge is 0.497 e. The van der Waals surface area contributed by atoms with Gasteiger partial charge in [0.1, 0.15) is 16.5 Å². The summed E-state index contributed by atoms with van der Waals surface area (Å²) >= 11 is 1.02. The Balaban J connectivity index is 1.79. The number of benzene rings is 2. The van der Waals surface area contributed by atoms with E-state index in [0.29, 0.717) is 34.2 Å². The van der Waals surface area contributed by atoms with E-state index in [1.54, 1.807) is 62.6 Å². The summed E-state index contributed by atoms with van der Waals surface area (Å²) in [6.45, 7) is 4.08. The highest BCUT2D eigenvalue weighted by molar-refractivity contribution is 7.18. The molecular formula is C25H26N2O6S. The minimum absolute atomic E-state index is 0.0925. The average Bonchev–Trinajstić information content (AvgIpc) is 3.16. The maximum Gasteiger partial charge on any atom is 0.341 e. The number of carbonyl (C=O) groups excluding carboxylic acids is 3. The summed E-state index contributed by atoms with van der Waals surface area (Å²) in [5.41, 5.74) is 1.94. The van der Waals surface area contributed by atoms with Crippen LogP contribution in [0, 0.1) is 6.92 Å². The molecule has 2 N–H and O–H groups in total. The molecule has 0 unspecified atom stereocenters. The molecule has 0 bridgehead atoms. The Morgan fingerprint density at radius 2 is 1.56 bits per heavy atom. The van der Waals surface area contributed by atoms with E-state index in [1.165, 1.54) is 7.11 Å². The molecule has 34 heavy (non-hydrogen) atoms. The van der Waals surface area contributed by atoms with Crippen molar-refractivity contribution in [1.82, 2.24) is 0 Å². The van der Waals surface area contributed by atoms with Crippen molar-refractivity contribution in [1.29, 1.82) is 0 Å². The van der Waals surface area contributed by atoms with Crippen LogP contribution in [0.2, 0.25) is 0 Å². The normalized spacial score (nSPS) is 10.4. The lowest BCUT2D eigenvalue weighted by molar-refractivity contribution is -0.115. The second kappa shape index (κ2) is 11.3. The van der Waals surface area contributed by atoms with Gasteiger partial charge in [-0.3, -0.25) is 9.59 Å². The monoisotopic (exact) mass is 482 g/mol. The van der Waals surface area contributed by atoms with Crippen molar-refractivity contribution in [3.05, 3.63) is 70.1 Å². The van der Waals surface area contributed by atoms with Crippen LogP contribution in [-0.4, -0.2) is 38.6 Å². The van der Waals surface area contributed by atoms with Crippen molar-refractivity contribution < 1.29 is 28.6 Å². The molecule has 3 aromatic rings. The number of ether oxygens (including phenoxy) is 3. The SMILES string of the molecule is CCOc1ccc(NC(=O)c2sc(NC(=O)Cc3ccc(OC)cc3)c(C(=O)OC)c2C)cc1. The first-order valence-corrected chi connectivity index (χ1v) is 11.4. The molecule has 0 radical (unpaired) electrons. The molecule has 1 heterocycles. The van der Waals surface area contributed by atoms with Crippen molar-refractivity contribution in [3.8, 4) is 11.5 Å². The first-order valence-electron chi connectivity index (χ1n) is 10.5. The van der Waals surface area contributed by atoms with Gasteiger partial charge >= 0.3 is 5.97 Å². The van der Waals surface area contributed by atoms with E-state index in [0.717, 1.165) is 16.9 Å². The fourth-order valence-electron chi connectivity index (χ4n) is 3.25. The fourth-order valence-corrected chi connectivity index (χ4v) is 4.36. The molecular weight excluding hydrogens is 456 g/mol. The van der Waals surface area contributed by atoms with Gasteiger partial charge in [-0.2, -0.15) is 0 Å². The van der Waals surface area contributed by atoms with Crippen molar-refractivity contribution in [2.24, 2.45) is 0 Å². The maximum atomic E-state index is 13.0. The third-order valence-corrected chi connectivity index (χ3v) is 6.15. The molecule has 2 aromatic carbocycles. The summed E-state index contributed by atoms with van der Waals surface area (Å²) in [6, 6.07) is 14.1. The smallest absolute Gasteiger partial charge is 0.341 e. The summed E-state index contributed by atoms with van der Waals surface area (Å²) in [5, 5.41) is 5.83. The quantitative estimate of drug-likeness (QED) is 0.429. The minimum Gasteiger partial charge on any atom is -0.497 e. The van der Waals surface area contributed by atoms with Crippen LogP contribution in [0.5, 0.6) is 11.5 Å². The predicted molar refractivity (Wildman–Crippen MR) is 131 cm³/mol. The third-order valence-electron chi connectivity index (χ3n) is 4.94. The highest BCUT2D eigenvalue weighted by Crippen LogP contribution is 2.34. The number of amides is 2. The van der Waals surface area contributed by atoms with Gasteiger partial charge in [-0.25, -0.2) is 4.79 Å². The number of carbonyl (C=O) groups is 3. The number of methoxy groups -OCH3 is 2. The standard InChI is InChI=1S/C25H26N2O6S/c1-5-33-19-12-8-17(9-13-19)26-23(29)22-15(2)21(25(30)32-4)24(34-22)27-20(28)14-16-6-10-18(31-3)11-7-16/h6-13H,5,14H2,1-4H3,(H,26,29)(H,27,28). The van der Waals surface area contributed by atoms with Crippen molar-refractivity contribution in [3.63, 3.8) is 0 Å². The molecule has 0 fully saturated rings. The van der Waals surface area contributed by atoms with Gasteiger partial charge in [-0.15, -0.1) is 11.3 Å². The number of esters is 1. The van der Waals surface area contributed by atoms with Crippen LogP contribution in [0.1, 0.15) is 38.1 Å². The van der Waals surface area contributed by atoms with Gasteiger partial charge in [0, 0.05) is 5.69 Å². The Bertz CT molecular complexity index is 1170. The molecule has 0 atom stereocenters. The zero-order chi connectivity index (χ0) is 24.7. The van der Waals surface area contributed by atoms with Crippen LogP contribution < -0.4 is 20.1 Å². The Labute approximate surface area is 201 Å². The molecule has 9 heteroatoms. The molecule has 0 spiro atoms. The van der Waals surface area contributed by atoms with E-state index in [4.69, 9.17) is 14.2 Å². The van der Waals surface area contributed by atoms with Gasteiger partial charge in [0.05, 0.1) is 37.7 Å². The number of hydrogen-bond donors (Lipinski definition) is 2. The Morgan fingerprint density at radius 3 is 2.15 bits per heavy atom. The summed E-state index contributed by atoms with van der Waals surface area (Å²) < 4.78 is 15.4. The minimum atomic E-state index is -0.631. The molecule has 0 aliphatic heterocycles. The van der Waals surface area contributed by atoms with Crippen molar-refractivity contribution in [2.75, 3.05) is 31.5 Å². The molecule has 2 amide bonds. The van der Waals surface area contributed by atoms with E-state index in [-0.39, 0.29) is 22.9 Å². The van der Waals surface area contributed by atoms with Gasteiger partial charge in [-0.1, -0.05) is 12.1 Å². The maximum absolute atomic E-state index is 13.0.